The summed E-state index contributed by atoms with van der Waals surface area (Å²) >= 11 is 5.45. The van der Waals surface area contributed by atoms with Gasteiger partial charge >= 0.3 is 0 Å². The number of hydrogen-bond acceptors (Lipinski definition) is 3. The Hall–Kier alpha value is -1.53. The highest BCUT2D eigenvalue weighted by atomic mass is 32.1. The van der Waals surface area contributed by atoms with E-state index in [2.05, 4.69) is 10.2 Å². The second-order valence-corrected chi connectivity index (χ2v) is 6.84. The van der Waals surface area contributed by atoms with Gasteiger partial charge in [0, 0.05) is 37.7 Å². The highest BCUT2D eigenvalue weighted by Gasteiger charge is 2.27. The van der Waals surface area contributed by atoms with Crippen LogP contribution in [0.25, 0.3) is 0 Å². The molecule has 6 heteroatoms. The molecule has 4 nitrogen and oxygen atoms in total. The maximum atomic E-state index is 13.0. The lowest BCUT2D eigenvalue weighted by atomic mass is 9.89. The SMILES string of the molecule is O=C(c1ccc(F)cc1)C1CCN(C(=S)NC[C@@H]2CCCO2)CC1. The van der Waals surface area contributed by atoms with Gasteiger partial charge in [-0.05, 0) is 62.2 Å². The molecular weight excluding hydrogens is 327 g/mol. The Morgan fingerprint density at radius 1 is 1.25 bits per heavy atom. The van der Waals surface area contributed by atoms with Crippen LogP contribution in [0.2, 0.25) is 0 Å². The lowest BCUT2D eigenvalue weighted by molar-refractivity contribution is 0.0871. The van der Waals surface area contributed by atoms with Crippen molar-refractivity contribution in [1.29, 1.82) is 0 Å². The smallest absolute Gasteiger partial charge is 0.169 e. The number of ketones is 1. The first-order chi connectivity index (χ1) is 11.6. The third-order valence-corrected chi connectivity index (χ3v) is 5.19. The number of benzene rings is 1. The molecule has 0 unspecified atom stereocenters. The molecule has 0 radical (unpaired) electrons. The van der Waals surface area contributed by atoms with E-state index in [9.17, 15) is 9.18 Å². The number of rotatable bonds is 4. The van der Waals surface area contributed by atoms with Gasteiger partial charge in [-0.1, -0.05) is 0 Å². The topological polar surface area (TPSA) is 41.6 Å². The molecule has 0 saturated carbocycles. The van der Waals surface area contributed by atoms with Crippen molar-refractivity contribution in [3.63, 3.8) is 0 Å². The molecule has 130 valence electrons. The van der Waals surface area contributed by atoms with Crippen molar-refractivity contribution in [2.24, 2.45) is 5.92 Å². The molecular formula is C18H23FN2O2S. The van der Waals surface area contributed by atoms with Crippen LogP contribution in [-0.2, 0) is 4.74 Å². The van der Waals surface area contributed by atoms with Crippen molar-refractivity contribution in [3.8, 4) is 0 Å². The molecule has 0 bridgehead atoms. The minimum atomic E-state index is -0.316. The standard InChI is InChI=1S/C18H23FN2O2S/c19-15-5-3-13(4-6-15)17(22)14-7-9-21(10-8-14)18(24)20-12-16-2-1-11-23-16/h3-6,14,16H,1-2,7-12H2,(H,20,24)/t16-/m0/s1. The molecule has 1 N–H and O–H groups in total. The largest absolute Gasteiger partial charge is 0.376 e. The second kappa shape index (κ2) is 8.03. The summed E-state index contributed by atoms with van der Waals surface area (Å²) in [5.41, 5.74) is 0.592. The summed E-state index contributed by atoms with van der Waals surface area (Å²) in [7, 11) is 0. The first-order valence-corrected chi connectivity index (χ1v) is 8.98. The lowest BCUT2D eigenvalue weighted by Gasteiger charge is -2.33. The van der Waals surface area contributed by atoms with Gasteiger partial charge in [0.2, 0.25) is 0 Å². The number of likely N-dealkylation sites (tertiary alicyclic amines) is 1. The number of hydrogen-bond donors (Lipinski definition) is 1. The van der Waals surface area contributed by atoms with Gasteiger partial charge in [0.15, 0.2) is 10.9 Å². The number of nitrogens with one attached hydrogen (secondary N) is 1. The van der Waals surface area contributed by atoms with Crippen LogP contribution in [0.1, 0.15) is 36.0 Å². The van der Waals surface area contributed by atoms with E-state index in [0.29, 0.717) is 5.56 Å². The van der Waals surface area contributed by atoms with E-state index < -0.39 is 0 Å². The zero-order chi connectivity index (χ0) is 16.9. The van der Waals surface area contributed by atoms with Crippen LogP contribution in [0, 0.1) is 11.7 Å². The molecule has 1 atom stereocenters. The molecule has 2 aliphatic rings. The van der Waals surface area contributed by atoms with Crippen molar-refractivity contribution >= 4 is 23.1 Å². The summed E-state index contributed by atoms with van der Waals surface area (Å²) in [6, 6.07) is 5.81. The zero-order valence-corrected chi connectivity index (χ0v) is 14.5. The van der Waals surface area contributed by atoms with E-state index in [4.69, 9.17) is 17.0 Å². The van der Waals surface area contributed by atoms with E-state index >= 15 is 0 Å². The summed E-state index contributed by atoms with van der Waals surface area (Å²) in [6.45, 7) is 3.15. The van der Waals surface area contributed by atoms with E-state index in [1.54, 1.807) is 12.1 Å². The number of nitrogens with zero attached hydrogens (tertiary/aromatic N) is 1. The first kappa shape index (κ1) is 17.3. The normalized spacial score (nSPS) is 21.7. The maximum absolute atomic E-state index is 13.0. The summed E-state index contributed by atoms with van der Waals surface area (Å²) < 4.78 is 18.6. The Bertz CT molecular complexity index is 579. The van der Waals surface area contributed by atoms with Crippen LogP contribution >= 0.6 is 12.2 Å². The van der Waals surface area contributed by atoms with E-state index in [-0.39, 0.29) is 23.6 Å². The molecule has 3 rings (SSSR count). The minimum Gasteiger partial charge on any atom is -0.376 e. The molecule has 0 amide bonds. The van der Waals surface area contributed by atoms with Crippen LogP contribution in [0.3, 0.4) is 0 Å². The van der Waals surface area contributed by atoms with Crippen molar-refractivity contribution in [2.75, 3.05) is 26.2 Å². The average molecular weight is 350 g/mol. The predicted octanol–water partition coefficient (Wildman–Crippen LogP) is 2.77. The summed E-state index contributed by atoms with van der Waals surface area (Å²) in [5.74, 6) is -0.218. The van der Waals surface area contributed by atoms with Gasteiger partial charge in [-0.2, -0.15) is 0 Å². The van der Waals surface area contributed by atoms with Gasteiger partial charge in [0.05, 0.1) is 6.10 Å². The Balaban J connectivity index is 1.45. The van der Waals surface area contributed by atoms with E-state index in [1.165, 1.54) is 12.1 Å². The number of carbonyl (C=O) groups excluding carboxylic acids is 1. The fraction of sp³-hybridized carbons (Fsp3) is 0.556. The summed E-state index contributed by atoms with van der Waals surface area (Å²) in [6.07, 6.45) is 4.02. The van der Waals surface area contributed by atoms with Crippen molar-refractivity contribution in [1.82, 2.24) is 10.2 Å². The van der Waals surface area contributed by atoms with Crippen LogP contribution in [0.4, 0.5) is 4.39 Å². The molecule has 24 heavy (non-hydrogen) atoms. The van der Waals surface area contributed by atoms with Crippen molar-refractivity contribution in [2.45, 2.75) is 31.8 Å². The van der Waals surface area contributed by atoms with E-state index in [1.807, 2.05) is 0 Å². The van der Waals surface area contributed by atoms with Crippen molar-refractivity contribution < 1.29 is 13.9 Å². The quantitative estimate of drug-likeness (QED) is 0.668. The van der Waals surface area contributed by atoms with Gasteiger partial charge in [-0.25, -0.2) is 4.39 Å². The fourth-order valence-corrected chi connectivity index (χ4v) is 3.58. The number of carbonyl (C=O) groups is 1. The zero-order valence-electron chi connectivity index (χ0n) is 13.7. The molecule has 0 aromatic heterocycles. The average Bonchev–Trinajstić information content (AvgIpc) is 3.13. The Labute approximate surface area is 147 Å². The molecule has 0 spiro atoms. The Morgan fingerprint density at radius 3 is 2.58 bits per heavy atom. The highest BCUT2D eigenvalue weighted by molar-refractivity contribution is 7.80. The molecule has 0 aliphatic carbocycles. The number of Topliss-reactive ketones (excluding diaryl/α,β-unsaturated/α-hetero) is 1. The van der Waals surface area contributed by atoms with Gasteiger partial charge in [0.25, 0.3) is 0 Å². The number of ether oxygens (including phenoxy) is 1. The molecule has 1 aromatic carbocycles. The molecule has 2 saturated heterocycles. The molecule has 2 fully saturated rings. The molecule has 2 heterocycles. The number of halogens is 1. The third kappa shape index (κ3) is 4.30. The van der Waals surface area contributed by atoms with Crippen LogP contribution in [-0.4, -0.2) is 48.1 Å². The lowest BCUT2D eigenvalue weighted by Crippen LogP contribution is -2.47. The van der Waals surface area contributed by atoms with Gasteiger partial charge in [-0.15, -0.1) is 0 Å². The van der Waals surface area contributed by atoms with Crippen LogP contribution in [0.5, 0.6) is 0 Å². The highest BCUT2D eigenvalue weighted by Crippen LogP contribution is 2.22. The van der Waals surface area contributed by atoms with Gasteiger partial charge in [0.1, 0.15) is 5.82 Å². The van der Waals surface area contributed by atoms with Crippen LogP contribution < -0.4 is 5.32 Å². The summed E-state index contributed by atoms with van der Waals surface area (Å²) in [5, 5.41) is 4.03. The van der Waals surface area contributed by atoms with Crippen molar-refractivity contribution in [3.05, 3.63) is 35.6 Å². The van der Waals surface area contributed by atoms with Gasteiger partial charge in [-0.3, -0.25) is 4.79 Å². The summed E-state index contributed by atoms with van der Waals surface area (Å²) in [4.78, 5) is 14.6. The Kier molecular flexibility index (Phi) is 5.79. The van der Waals surface area contributed by atoms with Gasteiger partial charge < -0.3 is 15.0 Å². The molecule has 1 aromatic rings. The minimum absolute atomic E-state index is 0.00678. The van der Waals surface area contributed by atoms with Crippen LogP contribution in [0.15, 0.2) is 24.3 Å². The monoisotopic (exact) mass is 350 g/mol. The fourth-order valence-electron chi connectivity index (χ4n) is 3.31. The molecule has 2 aliphatic heterocycles. The third-order valence-electron chi connectivity index (χ3n) is 4.79. The second-order valence-electron chi connectivity index (χ2n) is 6.45. The maximum Gasteiger partial charge on any atom is 0.169 e. The predicted molar refractivity (Wildman–Crippen MR) is 94.6 cm³/mol. The Morgan fingerprint density at radius 2 is 1.96 bits per heavy atom. The van der Waals surface area contributed by atoms with E-state index in [0.717, 1.165) is 57.0 Å². The number of piperidine rings is 1. The first-order valence-electron chi connectivity index (χ1n) is 8.57. The number of thiocarbonyl (C=S) groups is 1.